The fourth-order valence-corrected chi connectivity index (χ4v) is 9.96. The molecule has 26 N–H and O–H groups in total. The first-order chi connectivity index (χ1) is 47.6. The molecule has 2 aromatic rings. The van der Waals surface area contributed by atoms with E-state index >= 15 is 0 Å². The van der Waals surface area contributed by atoms with Crippen LogP contribution >= 0.6 is 0 Å². The third kappa shape index (κ3) is 31.5. The van der Waals surface area contributed by atoms with Crippen LogP contribution in [0.15, 0.2) is 59.6 Å². The fourth-order valence-electron chi connectivity index (χ4n) is 9.96. The Morgan fingerprint density at radius 2 is 0.990 bits per heavy atom. The van der Waals surface area contributed by atoms with E-state index in [1.807, 2.05) is 0 Å². The van der Waals surface area contributed by atoms with Gasteiger partial charge in [-0.2, -0.15) is 0 Å². The molecule has 1 saturated heterocycles. The normalized spacial score (nSPS) is 15.7. The molecule has 1 aliphatic heterocycles. The first-order valence-electron chi connectivity index (χ1n) is 32.0. The topological polar surface area (TPSA) is 655 Å². The van der Waals surface area contributed by atoms with Gasteiger partial charge >= 0.3 is 17.9 Å². The average molecular weight is 1430 g/mol. The number of nitrogens with one attached hydrogen (secondary N) is 12. The number of aliphatic hydroxyl groups excluding tert-OH is 2. The van der Waals surface area contributed by atoms with Gasteiger partial charge in [0.25, 0.3) is 0 Å². The minimum atomic E-state index is -2.10. The van der Waals surface area contributed by atoms with Crippen molar-refractivity contribution in [2.75, 3.05) is 26.2 Å². The third-order valence-corrected chi connectivity index (χ3v) is 15.2. The van der Waals surface area contributed by atoms with Crippen LogP contribution in [0.4, 0.5) is 0 Å². The van der Waals surface area contributed by atoms with Crippen molar-refractivity contribution in [2.24, 2.45) is 33.8 Å². The number of hydrogen-bond donors (Lipinski definition) is 22. The molecule has 0 spiro atoms. The number of carbonyl (C=O) groups is 16. The summed E-state index contributed by atoms with van der Waals surface area (Å²) in [4.78, 5) is 216. The molecular formula is C62H91N17O22. The van der Waals surface area contributed by atoms with E-state index in [0.717, 1.165) is 6.92 Å². The molecular weight excluding hydrogens is 1330 g/mol. The lowest BCUT2D eigenvalue weighted by Gasteiger charge is -2.28. The Kier molecular flexibility index (Phi) is 35.5. The summed E-state index contributed by atoms with van der Waals surface area (Å²) in [7, 11) is 0. The van der Waals surface area contributed by atoms with Gasteiger partial charge in [-0.25, -0.2) is 0 Å². The number of hydrogen-bond acceptors (Lipinski definition) is 21. The summed E-state index contributed by atoms with van der Waals surface area (Å²) in [6, 6.07) is -5.72. The first kappa shape index (κ1) is 84.1. The van der Waals surface area contributed by atoms with E-state index in [1.54, 1.807) is 44.2 Å². The van der Waals surface area contributed by atoms with Crippen LogP contribution in [-0.4, -0.2) is 230 Å². The predicted octanol–water partition coefficient (Wildman–Crippen LogP) is -8.07. The van der Waals surface area contributed by atoms with Gasteiger partial charge in [0.05, 0.1) is 38.1 Å². The van der Waals surface area contributed by atoms with Gasteiger partial charge in [0.2, 0.25) is 76.8 Å². The molecule has 101 heavy (non-hydrogen) atoms. The van der Waals surface area contributed by atoms with Crippen molar-refractivity contribution < 1.29 is 107 Å². The van der Waals surface area contributed by atoms with Gasteiger partial charge < -0.3 is 117 Å². The number of carboxylic acids is 3. The molecule has 12 atom stereocenters. The van der Waals surface area contributed by atoms with E-state index in [0.29, 0.717) is 24.9 Å². The number of aliphatic carboxylic acids is 3. The highest BCUT2D eigenvalue weighted by atomic mass is 16.4. The molecule has 2 aromatic carbocycles. The maximum absolute atomic E-state index is 14.4. The molecule has 0 aromatic heterocycles. The molecule has 556 valence electrons. The molecule has 0 radical (unpaired) electrons. The Balaban J connectivity index is 1.94. The number of phenolic OH excluding ortho intramolecular Hbond substituents is 1. The van der Waals surface area contributed by atoms with Crippen LogP contribution < -0.4 is 86.7 Å². The number of amides is 13. The number of carboxylic acid groups (broad SMARTS) is 3. The summed E-state index contributed by atoms with van der Waals surface area (Å²) in [6.45, 7) is 2.85. The van der Waals surface area contributed by atoms with E-state index in [4.69, 9.17) is 22.9 Å². The minimum absolute atomic E-state index is 0.0718. The Morgan fingerprint density at radius 3 is 1.49 bits per heavy atom. The van der Waals surface area contributed by atoms with Gasteiger partial charge in [0.1, 0.15) is 66.2 Å². The van der Waals surface area contributed by atoms with Crippen LogP contribution in [0.1, 0.15) is 103 Å². The summed E-state index contributed by atoms with van der Waals surface area (Å²) in [5, 5.41) is 88.3. The maximum atomic E-state index is 14.4. The highest BCUT2D eigenvalue weighted by Crippen LogP contribution is 2.15. The van der Waals surface area contributed by atoms with Crippen LogP contribution in [0, 0.1) is 5.92 Å². The second-order valence-electron chi connectivity index (χ2n) is 24.1. The van der Waals surface area contributed by atoms with Crippen molar-refractivity contribution in [1.29, 1.82) is 0 Å². The van der Waals surface area contributed by atoms with Crippen LogP contribution in [0.5, 0.6) is 5.75 Å². The molecule has 0 aliphatic carbocycles. The molecule has 1 aliphatic rings. The number of benzene rings is 2. The summed E-state index contributed by atoms with van der Waals surface area (Å²) >= 11 is 0. The number of aromatic hydroxyl groups is 1. The summed E-state index contributed by atoms with van der Waals surface area (Å²) in [5.41, 5.74) is 22.5. The summed E-state index contributed by atoms with van der Waals surface area (Å²) in [5.74, 6) is -20.2. The van der Waals surface area contributed by atoms with E-state index in [2.05, 4.69) is 68.8 Å². The molecule has 12 unspecified atom stereocenters. The molecule has 39 heteroatoms. The maximum Gasteiger partial charge on any atom is 0.305 e. The number of phenols is 1. The van der Waals surface area contributed by atoms with Gasteiger partial charge in [-0.3, -0.25) is 81.7 Å². The smallest absolute Gasteiger partial charge is 0.305 e. The lowest BCUT2D eigenvalue weighted by atomic mass is 10.0. The lowest BCUT2D eigenvalue weighted by molar-refractivity contribution is -0.141. The largest absolute Gasteiger partial charge is 0.508 e. The Labute approximate surface area is 578 Å². The third-order valence-electron chi connectivity index (χ3n) is 15.2. The molecule has 13 amide bonds. The van der Waals surface area contributed by atoms with E-state index in [9.17, 15) is 107 Å². The average Bonchev–Trinajstić information content (AvgIpc) is 1.75. The minimum Gasteiger partial charge on any atom is -0.508 e. The lowest BCUT2D eigenvalue weighted by Crippen LogP contribution is -2.62. The SMILES string of the molecule is CC(C)CC(NC(=O)CNC(=O)C(Cc1ccccc1)NC(=O)C(CC(=O)O)NC(=O)C(Cc1ccc(O)cc1)NC(=O)C(CO)NC(=O)C(CC(N)=O)NC(=O)C(CCCN=C(N)N)NC(=O)C(CCC(=O)O)NC(=O)C(NC(=O)C(CCC(=O)O)NC(=O)C1CCCN1)C(C)O)C(N)=O. The van der Waals surface area contributed by atoms with Crippen molar-refractivity contribution in [3.05, 3.63) is 65.7 Å². The Morgan fingerprint density at radius 1 is 0.525 bits per heavy atom. The van der Waals surface area contributed by atoms with Crippen molar-refractivity contribution in [1.82, 2.24) is 63.8 Å². The number of nitrogens with zero attached hydrogens (tertiary/aromatic N) is 1. The predicted molar refractivity (Wildman–Crippen MR) is 352 cm³/mol. The van der Waals surface area contributed by atoms with Crippen molar-refractivity contribution in [3.8, 4) is 5.75 Å². The van der Waals surface area contributed by atoms with Gasteiger partial charge in [0.15, 0.2) is 5.96 Å². The van der Waals surface area contributed by atoms with Crippen LogP contribution in [-0.2, 0) is 89.6 Å². The van der Waals surface area contributed by atoms with Crippen LogP contribution in [0.25, 0.3) is 0 Å². The zero-order valence-electron chi connectivity index (χ0n) is 55.7. The number of carbonyl (C=O) groups excluding carboxylic acids is 13. The van der Waals surface area contributed by atoms with E-state index in [1.165, 1.54) is 24.3 Å². The zero-order valence-corrected chi connectivity index (χ0v) is 55.7. The van der Waals surface area contributed by atoms with Crippen LogP contribution in [0.3, 0.4) is 0 Å². The van der Waals surface area contributed by atoms with E-state index in [-0.39, 0.29) is 43.0 Å². The zero-order chi connectivity index (χ0) is 75.6. The quantitative estimate of drug-likeness (QED) is 0.0166. The summed E-state index contributed by atoms with van der Waals surface area (Å²) in [6.07, 6.45) is -6.85. The summed E-state index contributed by atoms with van der Waals surface area (Å²) < 4.78 is 0. The highest BCUT2D eigenvalue weighted by Gasteiger charge is 2.38. The molecule has 0 saturated carbocycles. The Bertz CT molecular complexity index is 3280. The van der Waals surface area contributed by atoms with Crippen molar-refractivity contribution in [2.45, 2.75) is 177 Å². The number of primary amides is 2. The number of aliphatic imine (C=N–C) groups is 1. The van der Waals surface area contributed by atoms with Gasteiger partial charge in [0, 0.05) is 32.2 Å². The van der Waals surface area contributed by atoms with Gasteiger partial charge in [-0.1, -0.05) is 56.3 Å². The van der Waals surface area contributed by atoms with Crippen molar-refractivity contribution >= 4 is 101 Å². The number of nitrogens with two attached hydrogens (primary N) is 4. The number of guanidine groups is 1. The molecule has 1 heterocycles. The first-order valence-corrected chi connectivity index (χ1v) is 32.0. The molecule has 0 bridgehead atoms. The molecule has 39 nitrogen and oxygen atoms in total. The fraction of sp³-hybridized carbons (Fsp3) is 0.532. The molecule has 1 fully saturated rings. The second-order valence-corrected chi connectivity index (χ2v) is 24.1. The Hall–Kier alpha value is -11.1. The van der Waals surface area contributed by atoms with Gasteiger partial charge in [-0.05, 0) is 87.6 Å². The standard InChI is InChI=1S/C62H91N17O22/c1-30(2)23-39(51(64)91)70-46(84)28-69-52(92)40(24-32-9-5-4-6-10-32)74-59(99)43(27-49(89)90)77-57(97)41(25-33-13-15-34(82)16-14-33)75-60(100)44(29-80)78-58(98)42(26-45(63)83)76-54(94)36(12-8-22-68-62(65)66)71-55(95)37(17-19-47(85)86)73-61(101)50(31(3)81)79-56(96)38(18-20-48(87)88)72-53(93)35-11-7-21-67-35/h4-6,9-10,13-16,30-31,35-44,50,67,80-82H,7-8,11-12,17-29H2,1-3H3,(H2,63,83)(H2,64,91)(H,69,92)(H,70,84)(H,71,95)(H,72,93)(H,73,101)(H,74,99)(H,75,100)(H,76,94)(H,77,97)(H,78,98)(H,79,96)(H,85,86)(H,87,88)(H,89,90)(H4,65,66,68). The second kappa shape index (κ2) is 42.7. The monoisotopic (exact) mass is 1430 g/mol. The van der Waals surface area contributed by atoms with Crippen LogP contribution in [0.2, 0.25) is 0 Å². The number of aliphatic hydroxyl groups is 2. The van der Waals surface area contributed by atoms with E-state index < -0.39 is 238 Å². The highest BCUT2D eigenvalue weighted by molar-refractivity contribution is 6.01. The van der Waals surface area contributed by atoms with Crippen molar-refractivity contribution in [3.63, 3.8) is 0 Å². The van der Waals surface area contributed by atoms with Gasteiger partial charge in [-0.15, -0.1) is 0 Å². The number of rotatable bonds is 45. The molecule has 3 rings (SSSR count).